The maximum atomic E-state index is 13.2. The smallest absolute Gasteiger partial charge is 0.377 e. The molecule has 32 heavy (non-hydrogen) atoms. The first kappa shape index (κ1) is 22.3. The average molecular weight is 449 g/mol. The van der Waals surface area contributed by atoms with Crippen LogP contribution >= 0.6 is 0 Å². The molecule has 0 aromatic carbocycles. The Kier molecular flexibility index (Phi) is 5.70. The summed E-state index contributed by atoms with van der Waals surface area (Å²) in [6.45, 7) is 8.48. The van der Waals surface area contributed by atoms with Gasteiger partial charge in [0.25, 0.3) is 0 Å². The van der Waals surface area contributed by atoms with Crippen LogP contribution in [0.3, 0.4) is 0 Å². The summed E-state index contributed by atoms with van der Waals surface area (Å²) in [7, 11) is 0. The number of hydrogen-bond acceptors (Lipinski definition) is 7. The van der Waals surface area contributed by atoms with Crippen LogP contribution < -0.4 is 15.3 Å². The average Bonchev–Trinajstić information content (AvgIpc) is 2.76. The summed E-state index contributed by atoms with van der Waals surface area (Å²) >= 11 is 0. The molecule has 1 fully saturated rings. The summed E-state index contributed by atoms with van der Waals surface area (Å²) in [5.41, 5.74) is 3.53. The monoisotopic (exact) mass is 449 g/mol. The molecule has 4 heterocycles. The van der Waals surface area contributed by atoms with Crippen LogP contribution in [0.15, 0.2) is 12.3 Å². The fourth-order valence-electron chi connectivity index (χ4n) is 4.17. The van der Waals surface area contributed by atoms with Gasteiger partial charge in [-0.1, -0.05) is 0 Å². The molecule has 2 aromatic heterocycles. The van der Waals surface area contributed by atoms with Crippen molar-refractivity contribution in [2.45, 2.75) is 46.0 Å². The highest BCUT2D eigenvalue weighted by atomic mass is 19.4. The summed E-state index contributed by atoms with van der Waals surface area (Å²) in [4.78, 5) is 8.79. The standard InChI is InChI=1S/C21H26F3N7O/c1-12-11-32-7-6-30(12)16-8-15-10-29(5-4-17(15)27-9-16)19-14(3)13(2)18(25)31(28-19)20(26)21(22,23)24/h8-9,12,25-26H,4-7,10-11H2,1-3H3/t12-/m1/s1. The number of aromatic nitrogens is 3. The van der Waals surface area contributed by atoms with Gasteiger partial charge in [-0.15, -0.1) is 5.10 Å². The number of halogens is 3. The third-order valence-corrected chi connectivity index (χ3v) is 6.16. The van der Waals surface area contributed by atoms with E-state index in [9.17, 15) is 13.2 Å². The number of alkyl halides is 3. The Morgan fingerprint density at radius 1 is 1.22 bits per heavy atom. The summed E-state index contributed by atoms with van der Waals surface area (Å²) in [5, 5.41) is 19.6. The van der Waals surface area contributed by atoms with Gasteiger partial charge in [-0.2, -0.15) is 17.9 Å². The van der Waals surface area contributed by atoms with Crippen LogP contribution in [0.2, 0.25) is 0 Å². The minimum absolute atomic E-state index is 0.229. The van der Waals surface area contributed by atoms with Crippen LogP contribution in [0.25, 0.3) is 0 Å². The molecule has 2 aromatic rings. The minimum atomic E-state index is -4.89. The summed E-state index contributed by atoms with van der Waals surface area (Å²) in [6.07, 6.45) is -2.39. The molecule has 4 rings (SSSR count). The van der Waals surface area contributed by atoms with Gasteiger partial charge in [-0.25, -0.2) is 0 Å². The summed E-state index contributed by atoms with van der Waals surface area (Å²) in [6, 6.07) is 2.31. The Bertz CT molecular complexity index is 1110. The number of pyridine rings is 1. The molecule has 0 spiro atoms. The molecule has 1 saturated heterocycles. The number of rotatable bonds is 2. The molecular formula is C21H26F3N7O. The molecule has 8 nitrogen and oxygen atoms in total. The van der Waals surface area contributed by atoms with Gasteiger partial charge in [-0.05, 0) is 38.0 Å². The van der Waals surface area contributed by atoms with E-state index in [-0.39, 0.29) is 6.04 Å². The van der Waals surface area contributed by atoms with Gasteiger partial charge in [0.05, 0.1) is 25.1 Å². The van der Waals surface area contributed by atoms with Gasteiger partial charge in [0.15, 0.2) is 11.3 Å². The van der Waals surface area contributed by atoms with Crippen LogP contribution in [-0.2, 0) is 17.7 Å². The second-order valence-electron chi connectivity index (χ2n) is 8.27. The number of morpholine rings is 1. The highest BCUT2D eigenvalue weighted by Crippen LogP contribution is 2.29. The zero-order valence-corrected chi connectivity index (χ0v) is 18.3. The minimum Gasteiger partial charge on any atom is -0.377 e. The molecule has 172 valence electrons. The summed E-state index contributed by atoms with van der Waals surface area (Å²) < 4.78 is 45.4. The van der Waals surface area contributed by atoms with Crippen molar-refractivity contribution < 1.29 is 17.9 Å². The molecule has 0 unspecified atom stereocenters. The normalized spacial score (nSPS) is 19.1. The zero-order chi connectivity index (χ0) is 23.2. The molecule has 0 bridgehead atoms. The van der Waals surface area contributed by atoms with E-state index in [1.54, 1.807) is 13.8 Å². The van der Waals surface area contributed by atoms with E-state index in [2.05, 4.69) is 28.0 Å². The fourth-order valence-corrected chi connectivity index (χ4v) is 4.17. The molecule has 0 aliphatic carbocycles. The SMILES string of the molecule is Cc1c(N2CCc3ncc(N4CCOC[C@H]4C)cc3C2)nn(C(=N)C(F)(F)F)c(=N)c1C. The first-order valence-electron chi connectivity index (χ1n) is 10.5. The predicted octanol–water partition coefficient (Wildman–Crippen LogP) is 2.55. The van der Waals surface area contributed by atoms with Crippen molar-refractivity contribution in [3.8, 4) is 0 Å². The number of nitrogens with zero attached hydrogens (tertiary/aromatic N) is 5. The van der Waals surface area contributed by atoms with Gasteiger partial charge in [0.2, 0.25) is 5.84 Å². The first-order chi connectivity index (χ1) is 15.1. The Morgan fingerprint density at radius 2 is 1.97 bits per heavy atom. The lowest BCUT2D eigenvalue weighted by molar-refractivity contribution is -0.0632. The highest BCUT2D eigenvalue weighted by molar-refractivity contribution is 5.86. The van der Waals surface area contributed by atoms with Crippen molar-refractivity contribution >= 4 is 17.3 Å². The predicted molar refractivity (Wildman–Crippen MR) is 113 cm³/mol. The van der Waals surface area contributed by atoms with Crippen molar-refractivity contribution in [1.82, 2.24) is 14.8 Å². The van der Waals surface area contributed by atoms with Gasteiger partial charge < -0.3 is 14.5 Å². The lowest BCUT2D eigenvalue weighted by atomic mass is 10.0. The molecule has 1 atom stereocenters. The largest absolute Gasteiger partial charge is 0.451 e. The van der Waals surface area contributed by atoms with Crippen molar-refractivity contribution in [1.29, 1.82) is 10.8 Å². The van der Waals surface area contributed by atoms with Crippen molar-refractivity contribution in [2.75, 3.05) is 36.1 Å². The molecule has 0 saturated carbocycles. The van der Waals surface area contributed by atoms with Crippen molar-refractivity contribution in [3.63, 3.8) is 0 Å². The topological polar surface area (TPSA) is 94.1 Å². The Balaban J connectivity index is 1.69. The lowest BCUT2D eigenvalue weighted by Gasteiger charge is -2.36. The van der Waals surface area contributed by atoms with Gasteiger partial charge >= 0.3 is 6.18 Å². The Morgan fingerprint density at radius 3 is 2.66 bits per heavy atom. The van der Waals surface area contributed by atoms with Crippen LogP contribution in [0.5, 0.6) is 0 Å². The molecule has 2 N–H and O–H groups in total. The second-order valence-corrected chi connectivity index (χ2v) is 8.27. The number of anilines is 2. The lowest BCUT2D eigenvalue weighted by Crippen LogP contribution is -2.44. The molecular weight excluding hydrogens is 423 g/mol. The Hall–Kier alpha value is -2.95. The van der Waals surface area contributed by atoms with E-state index in [1.807, 2.05) is 11.1 Å². The van der Waals surface area contributed by atoms with Crippen LogP contribution in [0, 0.1) is 24.7 Å². The second kappa shape index (κ2) is 8.19. The molecule has 0 radical (unpaired) electrons. The maximum Gasteiger partial charge on any atom is 0.451 e. The van der Waals surface area contributed by atoms with Crippen molar-refractivity contribution in [2.24, 2.45) is 0 Å². The van der Waals surface area contributed by atoms with Gasteiger partial charge in [0, 0.05) is 43.4 Å². The number of nitrogens with one attached hydrogen (secondary N) is 2. The molecule has 2 aliphatic rings. The van der Waals surface area contributed by atoms with Crippen LogP contribution in [-0.4, -0.2) is 59.1 Å². The molecule has 11 heteroatoms. The number of ether oxygens (including phenoxy) is 1. The zero-order valence-electron chi connectivity index (χ0n) is 18.3. The maximum absolute atomic E-state index is 13.2. The van der Waals surface area contributed by atoms with E-state index in [0.29, 0.717) is 54.4 Å². The van der Waals surface area contributed by atoms with Crippen LogP contribution in [0.1, 0.15) is 29.3 Å². The molecule has 2 aliphatic heterocycles. The highest BCUT2D eigenvalue weighted by Gasteiger charge is 2.38. The van der Waals surface area contributed by atoms with E-state index in [1.165, 1.54) is 0 Å². The van der Waals surface area contributed by atoms with E-state index >= 15 is 0 Å². The van der Waals surface area contributed by atoms with Gasteiger partial charge in [-0.3, -0.25) is 15.8 Å². The Labute approximate surface area is 183 Å². The quantitative estimate of drug-likeness (QED) is 0.543. The summed E-state index contributed by atoms with van der Waals surface area (Å²) in [5.74, 6) is -1.32. The molecule has 0 amide bonds. The van der Waals surface area contributed by atoms with E-state index in [0.717, 1.165) is 23.5 Å². The van der Waals surface area contributed by atoms with Crippen molar-refractivity contribution in [3.05, 3.63) is 40.1 Å². The number of hydrogen-bond donors (Lipinski definition) is 2. The van der Waals surface area contributed by atoms with E-state index in [4.69, 9.17) is 15.6 Å². The van der Waals surface area contributed by atoms with E-state index < -0.39 is 17.5 Å². The third-order valence-electron chi connectivity index (χ3n) is 6.16. The first-order valence-corrected chi connectivity index (χ1v) is 10.5. The third kappa shape index (κ3) is 3.96. The fraction of sp³-hybridized carbons (Fsp3) is 0.524. The van der Waals surface area contributed by atoms with Crippen LogP contribution in [0.4, 0.5) is 24.7 Å². The van der Waals surface area contributed by atoms with Gasteiger partial charge in [0.1, 0.15) is 0 Å². The number of fused-ring (bicyclic) bond motifs is 1.